The molecule has 66 heavy (non-hydrogen) atoms. The van der Waals surface area contributed by atoms with Crippen molar-refractivity contribution in [3.8, 4) is 0 Å². The Balaban J connectivity index is -0.0000000503. The van der Waals surface area contributed by atoms with E-state index in [1.165, 1.54) is 83.1 Å². The van der Waals surface area contributed by atoms with E-state index < -0.39 is 0 Å². The molecule has 4 radical (unpaired) electrons. The standard InChI is InChI=1S/2C6H12NO3.6C5H8O2.Dy.3Fe/c2*8-4-1-7(2-5-9)3-6-10;6*1-4(6)3-5(2)7;;;;/h2*1-6H2;6*3,6H,1-2H3;;;;/q2*-3;;;;;;;4*+3/p-6/b;;6*4-3-;;;;. The van der Waals surface area contributed by atoms with E-state index in [1.807, 2.05) is 0 Å². The molecule has 0 heterocycles. The van der Waals surface area contributed by atoms with Gasteiger partial charge in [0.2, 0.25) is 0 Å². The molecular formula is C42H66DyFe3N2O18. The van der Waals surface area contributed by atoms with Gasteiger partial charge in [0.25, 0.3) is 0 Å². The normalized spacial score (nSPS) is 10.5. The Morgan fingerprint density at radius 2 is 0.379 bits per heavy atom. The van der Waals surface area contributed by atoms with E-state index >= 15 is 0 Å². The maximum absolute atomic E-state index is 10.0. The first-order valence-corrected chi connectivity index (χ1v) is 18.5. The number of hydrogen-bond donors (Lipinski definition) is 0. The van der Waals surface area contributed by atoms with Crippen LogP contribution in [0.1, 0.15) is 83.1 Å². The predicted molar refractivity (Wildman–Crippen MR) is 209 cm³/mol. The summed E-state index contributed by atoms with van der Waals surface area (Å²) in [6.45, 7) is 16.7. The van der Waals surface area contributed by atoms with Gasteiger partial charge in [-0.25, -0.2) is 0 Å². The summed E-state index contributed by atoms with van der Waals surface area (Å²) in [6, 6.07) is 0. The van der Waals surface area contributed by atoms with Gasteiger partial charge in [-0.1, -0.05) is 41.5 Å². The second kappa shape index (κ2) is 71.8. The van der Waals surface area contributed by atoms with Crippen LogP contribution in [-0.4, -0.2) is 123 Å². The van der Waals surface area contributed by atoms with Gasteiger partial charge in [0.05, 0.1) is 0 Å². The second-order valence-corrected chi connectivity index (χ2v) is 12.1. The van der Waals surface area contributed by atoms with Gasteiger partial charge in [0, 0.05) is 0 Å². The van der Waals surface area contributed by atoms with E-state index in [0.29, 0.717) is 39.3 Å². The molecule has 0 saturated heterocycles. The van der Waals surface area contributed by atoms with Crippen LogP contribution < -0.4 is 61.3 Å². The SMILES string of the molecule is CC(=O)/C=C(/C)[O-].CC(=O)/C=C(/C)[O-].CC(=O)/C=C(/C)[O-].CC(=O)/C=C(/C)[O-].CC(=O)/C=C(/C)[O-].CC(=O)/C=C(/C)[O-].[Dy+3].[Fe+3].[Fe+3].[Fe+3].[O-]CCN(CC[O-])CC[O-].[O-]CCN(CC[O-])CC[O-]. The van der Waals surface area contributed by atoms with Crippen molar-refractivity contribution in [2.75, 3.05) is 78.9 Å². The fourth-order valence-electron chi connectivity index (χ4n) is 3.16. The Bertz CT molecular complexity index is 1100. The van der Waals surface area contributed by atoms with Gasteiger partial charge in [-0.3, -0.25) is 28.8 Å². The average molecular weight is 1220 g/mol. The summed E-state index contributed by atoms with van der Waals surface area (Å²) in [5.74, 6) is -2.25. The molecule has 0 unspecified atom stereocenters. The van der Waals surface area contributed by atoms with Gasteiger partial charge < -0.3 is 71.1 Å². The largest absolute Gasteiger partial charge is 3.00 e. The third-order valence-corrected chi connectivity index (χ3v) is 4.88. The molecule has 24 heteroatoms. The first-order valence-electron chi connectivity index (χ1n) is 18.5. The van der Waals surface area contributed by atoms with Gasteiger partial charge in [-0.2, -0.15) is 0 Å². The van der Waals surface area contributed by atoms with E-state index in [0.717, 1.165) is 36.5 Å². The molecule has 0 atom stereocenters. The van der Waals surface area contributed by atoms with Crippen LogP contribution in [0.5, 0.6) is 0 Å². The van der Waals surface area contributed by atoms with Gasteiger partial charge >= 0.3 is 89.4 Å². The average Bonchev–Trinajstić information content (AvgIpc) is 3.04. The molecule has 0 amide bonds. The van der Waals surface area contributed by atoms with Crippen LogP contribution in [0.25, 0.3) is 0 Å². The van der Waals surface area contributed by atoms with E-state index in [2.05, 4.69) is 0 Å². The zero-order valence-corrected chi connectivity index (χ0v) is 44.9. The maximum atomic E-state index is 10.0. The number of ketones is 6. The van der Waals surface area contributed by atoms with Gasteiger partial charge in [-0.05, 0) is 117 Å². The third-order valence-electron chi connectivity index (χ3n) is 4.88. The Labute approximate surface area is 453 Å². The summed E-state index contributed by atoms with van der Waals surface area (Å²) in [5, 5.41) is 120. The van der Waals surface area contributed by atoms with Gasteiger partial charge in [0.1, 0.15) is 0 Å². The summed E-state index contributed by atoms with van der Waals surface area (Å²) >= 11 is 0. The van der Waals surface area contributed by atoms with Crippen molar-refractivity contribution in [3.63, 3.8) is 0 Å². The predicted octanol–water partition coefficient (Wildman–Crippen LogP) is -8.23. The number of rotatable bonds is 18. The van der Waals surface area contributed by atoms with Crippen molar-refractivity contribution >= 4 is 34.7 Å². The molecule has 0 spiro atoms. The molecule has 386 valence electrons. The summed E-state index contributed by atoms with van der Waals surface area (Å²) in [6.07, 6.45) is 6.33. The number of carbonyl (C=O) groups excluding carboxylic acids is 6. The van der Waals surface area contributed by atoms with Gasteiger partial charge in [-0.15, -0.1) is 74.2 Å². The van der Waals surface area contributed by atoms with Crippen molar-refractivity contribution in [2.45, 2.75) is 83.1 Å². The Morgan fingerprint density at radius 3 is 0.409 bits per heavy atom. The third kappa shape index (κ3) is 144. The summed E-state index contributed by atoms with van der Waals surface area (Å²) in [7, 11) is 0. The van der Waals surface area contributed by atoms with E-state index in [9.17, 15) is 90.0 Å². The first kappa shape index (κ1) is 93.7. The molecule has 0 aromatic carbocycles. The van der Waals surface area contributed by atoms with Gasteiger partial charge in [0.15, 0.2) is 34.7 Å². The van der Waals surface area contributed by atoms with Crippen LogP contribution >= 0.6 is 0 Å². The van der Waals surface area contributed by atoms with Crippen LogP contribution in [0, 0.1) is 38.2 Å². The molecule has 0 fully saturated rings. The quantitative estimate of drug-likeness (QED) is 0.0699. The molecule has 0 aliphatic rings. The molecule has 0 bridgehead atoms. The maximum Gasteiger partial charge on any atom is 3.00 e. The topological polar surface area (TPSA) is 386 Å². The van der Waals surface area contributed by atoms with Crippen LogP contribution in [0.3, 0.4) is 0 Å². The summed E-state index contributed by atoms with van der Waals surface area (Å²) in [5.41, 5.74) is 0. The first-order chi connectivity index (χ1) is 28.4. The smallest absolute Gasteiger partial charge is 0.876 e. The van der Waals surface area contributed by atoms with Crippen LogP contribution in [0.4, 0.5) is 0 Å². The Hall–Kier alpha value is -2.23. The van der Waals surface area contributed by atoms with Crippen LogP contribution in [-0.2, 0) is 80.0 Å². The molecule has 0 aromatic heterocycles. The molecule has 0 aliphatic carbocycles. The molecule has 0 aromatic rings. The van der Waals surface area contributed by atoms with Crippen molar-refractivity contribution < 1.29 is 179 Å². The number of allylic oxidation sites excluding steroid dienone is 12. The van der Waals surface area contributed by atoms with E-state index in [-0.39, 0.29) is 198 Å². The molecule has 0 rings (SSSR count). The van der Waals surface area contributed by atoms with Crippen molar-refractivity contribution in [3.05, 3.63) is 71.0 Å². The Morgan fingerprint density at radius 1 is 0.288 bits per heavy atom. The molecular weight excluding hydrogens is 1150 g/mol. The zero-order chi connectivity index (χ0) is 50.8. The summed E-state index contributed by atoms with van der Waals surface area (Å²) < 4.78 is 0. The minimum Gasteiger partial charge on any atom is -0.876 e. The number of nitrogens with zero attached hydrogens (tertiary/aromatic N) is 2. The second-order valence-electron chi connectivity index (χ2n) is 12.1. The minimum atomic E-state index is -0.236. The minimum absolute atomic E-state index is 0. The van der Waals surface area contributed by atoms with E-state index in [4.69, 9.17) is 0 Å². The van der Waals surface area contributed by atoms with Crippen LogP contribution in [0.15, 0.2) is 71.0 Å². The van der Waals surface area contributed by atoms with Crippen LogP contribution in [0.2, 0.25) is 0 Å². The van der Waals surface area contributed by atoms with Crippen molar-refractivity contribution in [2.24, 2.45) is 0 Å². The Kier molecular flexibility index (Phi) is 102. The fourth-order valence-corrected chi connectivity index (χ4v) is 3.16. The van der Waals surface area contributed by atoms with Crippen molar-refractivity contribution in [1.82, 2.24) is 9.80 Å². The molecule has 20 nitrogen and oxygen atoms in total. The summed E-state index contributed by atoms with van der Waals surface area (Å²) in [4.78, 5) is 63.1. The fraction of sp³-hybridized carbons (Fsp3) is 0.571. The monoisotopic (exact) mass is 1220 g/mol. The number of hydrogen-bond acceptors (Lipinski definition) is 20. The van der Waals surface area contributed by atoms with Crippen molar-refractivity contribution in [1.29, 1.82) is 0 Å². The van der Waals surface area contributed by atoms with E-state index in [1.54, 1.807) is 9.80 Å². The zero-order valence-electron chi connectivity index (χ0n) is 39.6. The molecule has 0 N–H and O–H groups in total. The molecule has 0 aliphatic heterocycles. The molecule has 0 saturated carbocycles. The number of carbonyl (C=O) groups is 6.